The van der Waals surface area contributed by atoms with Crippen LogP contribution in [0.15, 0.2) is 18.2 Å². The average Bonchev–Trinajstić information content (AvgIpc) is 2.38. The molecular formula is C13H18ClN3O2. The second-order valence-corrected chi connectivity index (χ2v) is 4.63. The lowest BCUT2D eigenvalue weighted by Gasteiger charge is -2.13. The molecule has 104 valence electrons. The van der Waals surface area contributed by atoms with Gasteiger partial charge in [-0.15, -0.1) is 0 Å². The Labute approximate surface area is 117 Å². The van der Waals surface area contributed by atoms with E-state index in [1.54, 1.807) is 32.3 Å². The molecule has 0 bridgehead atoms. The third-order valence-corrected chi connectivity index (χ3v) is 2.76. The Balaban J connectivity index is 2.86. The highest BCUT2D eigenvalue weighted by molar-refractivity contribution is 6.33. The van der Waals surface area contributed by atoms with Gasteiger partial charge in [0.2, 0.25) is 5.91 Å². The summed E-state index contributed by atoms with van der Waals surface area (Å²) in [5.74, 6) is -0.336. The predicted molar refractivity (Wildman–Crippen MR) is 76.6 cm³/mol. The summed E-state index contributed by atoms with van der Waals surface area (Å²) in [5.41, 5.74) is 0.922. The van der Waals surface area contributed by atoms with Crippen LogP contribution >= 0.6 is 11.6 Å². The number of carbonyl (C=O) groups excluding carboxylic acids is 2. The molecule has 0 saturated carbocycles. The number of amides is 2. The van der Waals surface area contributed by atoms with Crippen LogP contribution in [0.2, 0.25) is 5.02 Å². The molecule has 0 saturated heterocycles. The lowest BCUT2D eigenvalue weighted by molar-refractivity contribution is -0.115. The number of halogens is 1. The molecule has 0 spiro atoms. The van der Waals surface area contributed by atoms with E-state index in [1.165, 1.54) is 4.90 Å². The maximum atomic E-state index is 11.8. The molecule has 1 aromatic rings. The van der Waals surface area contributed by atoms with Gasteiger partial charge in [-0.3, -0.25) is 9.59 Å². The maximum Gasteiger partial charge on any atom is 0.253 e. The molecule has 0 aliphatic carbocycles. The van der Waals surface area contributed by atoms with Crippen LogP contribution in [0.25, 0.3) is 0 Å². The normalized spacial score (nSPS) is 10.1. The first-order valence-electron chi connectivity index (χ1n) is 5.97. The minimum Gasteiger partial charge on any atom is -0.345 e. The molecule has 6 heteroatoms. The van der Waals surface area contributed by atoms with Crippen LogP contribution in [0.5, 0.6) is 0 Å². The average molecular weight is 284 g/mol. The van der Waals surface area contributed by atoms with Gasteiger partial charge in [-0.1, -0.05) is 18.5 Å². The largest absolute Gasteiger partial charge is 0.345 e. The van der Waals surface area contributed by atoms with Crippen LogP contribution in [-0.4, -0.2) is 43.9 Å². The van der Waals surface area contributed by atoms with E-state index in [4.69, 9.17) is 11.6 Å². The SMILES string of the molecule is CCNCC(=O)Nc1cc(C(=O)N(C)C)ccc1Cl. The molecule has 0 atom stereocenters. The molecule has 5 nitrogen and oxygen atoms in total. The standard InChI is InChI=1S/C13H18ClN3O2/c1-4-15-8-12(18)16-11-7-9(5-6-10(11)14)13(19)17(2)3/h5-7,15H,4,8H2,1-3H3,(H,16,18). The van der Waals surface area contributed by atoms with Crippen LogP contribution in [0.3, 0.4) is 0 Å². The summed E-state index contributed by atoms with van der Waals surface area (Å²) >= 11 is 6.00. The Bertz CT molecular complexity index is 475. The van der Waals surface area contributed by atoms with Gasteiger partial charge in [0.25, 0.3) is 5.91 Å². The Morgan fingerprint density at radius 1 is 1.32 bits per heavy atom. The van der Waals surface area contributed by atoms with Crippen molar-refractivity contribution in [3.05, 3.63) is 28.8 Å². The van der Waals surface area contributed by atoms with Crippen LogP contribution < -0.4 is 10.6 Å². The minimum atomic E-state index is -0.196. The molecule has 0 radical (unpaired) electrons. The van der Waals surface area contributed by atoms with Crippen molar-refractivity contribution in [1.82, 2.24) is 10.2 Å². The van der Waals surface area contributed by atoms with Crippen LogP contribution in [0.1, 0.15) is 17.3 Å². The van der Waals surface area contributed by atoms with Crippen LogP contribution in [0.4, 0.5) is 5.69 Å². The number of nitrogens with one attached hydrogen (secondary N) is 2. The van der Waals surface area contributed by atoms with Crippen molar-refractivity contribution >= 4 is 29.1 Å². The monoisotopic (exact) mass is 283 g/mol. The number of carbonyl (C=O) groups is 2. The van der Waals surface area contributed by atoms with Gasteiger partial charge in [0, 0.05) is 19.7 Å². The summed E-state index contributed by atoms with van der Waals surface area (Å²) in [7, 11) is 3.33. The molecule has 0 aliphatic heterocycles. The van der Waals surface area contributed by atoms with Crippen molar-refractivity contribution in [2.24, 2.45) is 0 Å². The topological polar surface area (TPSA) is 61.4 Å². The van der Waals surface area contributed by atoms with Crippen molar-refractivity contribution in [3.8, 4) is 0 Å². The van der Waals surface area contributed by atoms with Crippen molar-refractivity contribution < 1.29 is 9.59 Å². The first-order chi connectivity index (χ1) is 8.95. The minimum absolute atomic E-state index is 0.140. The van der Waals surface area contributed by atoms with E-state index < -0.39 is 0 Å². The Morgan fingerprint density at radius 3 is 2.58 bits per heavy atom. The lowest BCUT2D eigenvalue weighted by atomic mass is 10.2. The summed E-state index contributed by atoms with van der Waals surface area (Å²) in [6.45, 7) is 2.83. The van der Waals surface area contributed by atoms with Gasteiger partial charge in [0.05, 0.1) is 17.3 Å². The number of nitrogens with zero attached hydrogens (tertiary/aromatic N) is 1. The Hall–Kier alpha value is -1.59. The van der Waals surface area contributed by atoms with E-state index in [2.05, 4.69) is 10.6 Å². The highest BCUT2D eigenvalue weighted by Gasteiger charge is 2.12. The van der Waals surface area contributed by atoms with E-state index in [0.717, 1.165) is 0 Å². The number of benzene rings is 1. The third-order valence-electron chi connectivity index (χ3n) is 2.43. The summed E-state index contributed by atoms with van der Waals surface area (Å²) in [6, 6.07) is 4.81. The van der Waals surface area contributed by atoms with Crippen molar-refractivity contribution in [1.29, 1.82) is 0 Å². The van der Waals surface area contributed by atoms with Crippen LogP contribution in [0, 0.1) is 0 Å². The lowest BCUT2D eigenvalue weighted by Crippen LogP contribution is -2.28. The zero-order chi connectivity index (χ0) is 14.4. The van der Waals surface area contributed by atoms with Crippen molar-refractivity contribution in [3.63, 3.8) is 0 Å². The molecule has 0 aliphatic rings. The number of likely N-dealkylation sites (N-methyl/N-ethyl adjacent to an activating group) is 1. The fourth-order valence-electron chi connectivity index (χ4n) is 1.45. The molecule has 0 unspecified atom stereocenters. The van der Waals surface area contributed by atoms with Gasteiger partial charge in [0.15, 0.2) is 0 Å². The predicted octanol–water partition coefficient (Wildman–Crippen LogP) is 1.59. The third kappa shape index (κ3) is 4.54. The van der Waals surface area contributed by atoms with Crippen molar-refractivity contribution in [2.45, 2.75) is 6.92 Å². The molecule has 2 amide bonds. The number of rotatable bonds is 5. The molecule has 0 heterocycles. The summed E-state index contributed by atoms with van der Waals surface area (Å²) in [4.78, 5) is 24.9. The van der Waals surface area contributed by atoms with E-state index in [9.17, 15) is 9.59 Å². The highest BCUT2D eigenvalue weighted by Crippen LogP contribution is 2.23. The van der Waals surface area contributed by atoms with E-state index in [-0.39, 0.29) is 18.4 Å². The van der Waals surface area contributed by atoms with Gasteiger partial charge in [-0.05, 0) is 24.7 Å². The van der Waals surface area contributed by atoms with Gasteiger partial charge < -0.3 is 15.5 Å². The first kappa shape index (κ1) is 15.5. The summed E-state index contributed by atoms with van der Waals surface area (Å²) in [5, 5.41) is 5.99. The first-order valence-corrected chi connectivity index (χ1v) is 6.35. The second-order valence-electron chi connectivity index (χ2n) is 4.22. The molecule has 1 rings (SSSR count). The van der Waals surface area contributed by atoms with Gasteiger partial charge >= 0.3 is 0 Å². The second kappa shape index (κ2) is 7.11. The zero-order valence-electron chi connectivity index (χ0n) is 11.3. The van der Waals surface area contributed by atoms with Crippen LogP contribution in [-0.2, 0) is 4.79 Å². The summed E-state index contributed by atoms with van der Waals surface area (Å²) in [6.07, 6.45) is 0. The van der Waals surface area contributed by atoms with Gasteiger partial charge in [-0.25, -0.2) is 0 Å². The highest BCUT2D eigenvalue weighted by atomic mass is 35.5. The Morgan fingerprint density at radius 2 is 2.00 bits per heavy atom. The van der Waals surface area contributed by atoms with Crippen molar-refractivity contribution in [2.75, 3.05) is 32.5 Å². The molecule has 1 aromatic carbocycles. The Kier molecular flexibility index (Phi) is 5.79. The zero-order valence-corrected chi connectivity index (χ0v) is 12.0. The fraction of sp³-hybridized carbons (Fsp3) is 0.385. The smallest absolute Gasteiger partial charge is 0.253 e. The molecule has 19 heavy (non-hydrogen) atoms. The maximum absolute atomic E-state index is 11.8. The van der Waals surface area contributed by atoms with Gasteiger partial charge in [-0.2, -0.15) is 0 Å². The van der Waals surface area contributed by atoms with Gasteiger partial charge in [0.1, 0.15) is 0 Å². The number of anilines is 1. The quantitative estimate of drug-likeness (QED) is 0.863. The summed E-state index contributed by atoms with van der Waals surface area (Å²) < 4.78 is 0. The molecule has 0 fully saturated rings. The number of hydrogen-bond acceptors (Lipinski definition) is 3. The molecule has 2 N–H and O–H groups in total. The fourth-order valence-corrected chi connectivity index (χ4v) is 1.61. The van der Waals surface area contributed by atoms with E-state index in [1.807, 2.05) is 6.92 Å². The van der Waals surface area contributed by atoms with E-state index >= 15 is 0 Å². The molecule has 0 aromatic heterocycles. The number of hydrogen-bond donors (Lipinski definition) is 2. The van der Waals surface area contributed by atoms with E-state index in [0.29, 0.717) is 22.8 Å². The molecular weight excluding hydrogens is 266 g/mol.